The maximum atomic E-state index is 12.8. The van der Waals surface area contributed by atoms with Crippen molar-refractivity contribution < 1.29 is 4.79 Å². The summed E-state index contributed by atoms with van der Waals surface area (Å²) in [6.07, 6.45) is 6.49. The van der Waals surface area contributed by atoms with E-state index in [9.17, 15) is 4.79 Å². The third kappa shape index (κ3) is 4.07. The smallest absolute Gasteiger partial charge is 0.227 e. The van der Waals surface area contributed by atoms with Gasteiger partial charge in [-0.15, -0.1) is 0 Å². The van der Waals surface area contributed by atoms with Crippen LogP contribution in [-0.4, -0.2) is 12.5 Å². The highest BCUT2D eigenvalue weighted by atomic mass is 79.9. The van der Waals surface area contributed by atoms with Crippen LogP contribution in [0.2, 0.25) is 0 Å². The lowest BCUT2D eigenvalue weighted by Gasteiger charge is -2.31. The number of halogens is 1. The number of benzene rings is 1. The van der Waals surface area contributed by atoms with E-state index in [4.69, 9.17) is 5.73 Å². The van der Waals surface area contributed by atoms with Crippen LogP contribution < -0.4 is 11.1 Å². The summed E-state index contributed by atoms with van der Waals surface area (Å²) in [4.78, 5) is 12.8. The first-order valence-corrected chi connectivity index (χ1v) is 8.63. The van der Waals surface area contributed by atoms with Gasteiger partial charge in [0.15, 0.2) is 0 Å². The van der Waals surface area contributed by atoms with E-state index in [1.807, 2.05) is 31.2 Å². The molecule has 1 aliphatic carbocycles. The molecular formula is C17H25BrN2O. The number of hydrogen-bond donors (Lipinski definition) is 2. The molecule has 1 aromatic rings. The first-order valence-electron chi connectivity index (χ1n) is 7.84. The Morgan fingerprint density at radius 1 is 1.33 bits per heavy atom. The molecule has 0 bridgehead atoms. The van der Waals surface area contributed by atoms with Crippen LogP contribution in [-0.2, 0) is 4.79 Å². The molecule has 0 aromatic heterocycles. The second kappa shape index (κ2) is 7.41. The van der Waals surface area contributed by atoms with Crippen molar-refractivity contribution in [2.45, 2.75) is 51.5 Å². The molecule has 0 aliphatic heterocycles. The molecule has 1 amide bonds. The highest BCUT2D eigenvalue weighted by Crippen LogP contribution is 2.35. The highest BCUT2D eigenvalue weighted by molar-refractivity contribution is 9.10. The molecule has 1 fully saturated rings. The molecule has 0 radical (unpaired) electrons. The van der Waals surface area contributed by atoms with Gasteiger partial charge in [0.05, 0.1) is 11.5 Å². The van der Waals surface area contributed by atoms with E-state index >= 15 is 0 Å². The van der Waals surface area contributed by atoms with Gasteiger partial charge in [0.2, 0.25) is 5.91 Å². The van der Waals surface area contributed by atoms with Crippen molar-refractivity contribution in [3.8, 4) is 0 Å². The van der Waals surface area contributed by atoms with Crippen LogP contribution >= 0.6 is 15.9 Å². The third-order valence-corrected chi connectivity index (χ3v) is 5.12. The summed E-state index contributed by atoms with van der Waals surface area (Å²) in [7, 11) is 0. The van der Waals surface area contributed by atoms with E-state index in [2.05, 4.69) is 21.2 Å². The van der Waals surface area contributed by atoms with Gasteiger partial charge in [-0.05, 0) is 37.5 Å². The third-order valence-electron chi connectivity index (χ3n) is 4.63. The maximum absolute atomic E-state index is 12.8. The van der Waals surface area contributed by atoms with Crippen LogP contribution in [0, 0.1) is 5.41 Å². The predicted octanol–water partition coefficient (Wildman–Crippen LogP) is 3.93. The Labute approximate surface area is 135 Å². The fourth-order valence-electron chi connectivity index (χ4n) is 3.14. The maximum Gasteiger partial charge on any atom is 0.227 e. The molecule has 116 valence electrons. The number of carbonyl (C=O) groups excluding carboxylic acids is 1. The van der Waals surface area contributed by atoms with Gasteiger partial charge in [0.25, 0.3) is 0 Å². The van der Waals surface area contributed by atoms with Gasteiger partial charge in [-0.1, -0.05) is 53.7 Å². The number of rotatable bonds is 4. The van der Waals surface area contributed by atoms with Gasteiger partial charge in [-0.2, -0.15) is 0 Å². The Balaban J connectivity index is 2.08. The topological polar surface area (TPSA) is 55.1 Å². The molecule has 2 rings (SSSR count). The van der Waals surface area contributed by atoms with Gasteiger partial charge in [0, 0.05) is 11.0 Å². The standard InChI is InChI=1S/C17H25BrN2O/c1-13(14-7-6-8-15(18)11-14)20-16(21)17(12-19)9-4-2-3-5-10-17/h6-8,11,13H,2-5,9-10,12,19H2,1H3,(H,20,21)/t13-/m1/s1. The molecule has 0 spiro atoms. The van der Waals surface area contributed by atoms with Crippen LogP contribution in [0.4, 0.5) is 0 Å². The normalized spacial score (nSPS) is 19.6. The fraction of sp³-hybridized carbons (Fsp3) is 0.588. The summed E-state index contributed by atoms with van der Waals surface area (Å²) in [5.41, 5.74) is 6.72. The van der Waals surface area contributed by atoms with E-state index < -0.39 is 0 Å². The quantitative estimate of drug-likeness (QED) is 0.806. The lowest BCUT2D eigenvalue weighted by Crippen LogP contribution is -2.46. The first kappa shape index (κ1) is 16.5. The van der Waals surface area contributed by atoms with E-state index in [1.54, 1.807) is 0 Å². The van der Waals surface area contributed by atoms with Crippen molar-refractivity contribution in [3.63, 3.8) is 0 Å². The number of nitrogens with one attached hydrogen (secondary N) is 1. The zero-order chi connectivity index (χ0) is 15.3. The predicted molar refractivity (Wildman–Crippen MR) is 89.9 cm³/mol. The lowest BCUT2D eigenvalue weighted by molar-refractivity contribution is -0.132. The largest absolute Gasteiger partial charge is 0.349 e. The molecule has 3 N–H and O–H groups in total. The fourth-order valence-corrected chi connectivity index (χ4v) is 3.56. The van der Waals surface area contributed by atoms with Crippen LogP contribution in [0.15, 0.2) is 28.7 Å². The SMILES string of the molecule is C[C@@H](NC(=O)C1(CN)CCCCCC1)c1cccc(Br)c1. The molecule has 0 unspecified atom stereocenters. The van der Waals surface area contributed by atoms with Crippen molar-refractivity contribution in [1.29, 1.82) is 0 Å². The molecule has 0 saturated heterocycles. The molecule has 1 atom stereocenters. The molecule has 4 heteroatoms. The monoisotopic (exact) mass is 352 g/mol. The lowest BCUT2D eigenvalue weighted by atomic mass is 9.79. The summed E-state index contributed by atoms with van der Waals surface area (Å²) in [5, 5.41) is 3.17. The van der Waals surface area contributed by atoms with Gasteiger partial charge < -0.3 is 11.1 Å². The van der Waals surface area contributed by atoms with Crippen molar-refractivity contribution in [2.24, 2.45) is 11.1 Å². The number of nitrogens with two attached hydrogens (primary N) is 1. The average Bonchev–Trinajstić information content (AvgIpc) is 2.73. The second-order valence-electron chi connectivity index (χ2n) is 6.15. The summed E-state index contributed by atoms with van der Waals surface area (Å²) < 4.78 is 1.03. The molecular weight excluding hydrogens is 328 g/mol. The minimum Gasteiger partial charge on any atom is -0.349 e. The van der Waals surface area contributed by atoms with Crippen molar-refractivity contribution in [2.75, 3.05) is 6.54 Å². The summed E-state index contributed by atoms with van der Waals surface area (Å²) >= 11 is 3.48. The summed E-state index contributed by atoms with van der Waals surface area (Å²) in [6.45, 7) is 2.48. The van der Waals surface area contributed by atoms with Gasteiger partial charge >= 0.3 is 0 Å². The van der Waals surface area contributed by atoms with Gasteiger partial charge in [-0.25, -0.2) is 0 Å². The average molecular weight is 353 g/mol. The Bertz CT molecular complexity index is 481. The van der Waals surface area contributed by atoms with E-state index in [0.29, 0.717) is 6.54 Å². The van der Waals surface area contributed by atoms with E-state index in [-0.39, 0.29) is 17.4 Å². The molecule has 21 heavy (non-hydrogen) atoms. The summed E-state index contributed by atoms with van der Waals surface area (Å²) in [6, 6.07) is 8.07. The second-order valence-corrected chi connectivity index (χ2v) is 7.06. The number of carbonyl (C=O) groups is 1. The Kier molecular flexibility index (Phi) is 5.82. The summed E-state index contributed by atoms with van der Waals surface area (Å²) in [5.74, 6) is 0.124. The van der Waals surface area contributed by atoms with Crippen LogP contribution in [0.3, 0.4) is 0 Å². The van der Waals surface area contributed by atoms with Crippen molar-refractivity contribution >= 4 is 21.8 Å². The molecule has 1 saturated carbocycles. The van der Waals surface area contributed by atoms with Crippen molar-refractivity contribution in [3.05, 3.63) is 34.3 Å². The Morgan fingerprint density at radius 2 is 2.00 bits per heavy atom. The zero-order valence-electron chi connectivity index (χ0n) is 12.7. The molecule has 3 nitrogen and oxygen atoms in total. The van der Waals surface area contributed by atoms with Gasteiger partial charge in [0.1, 0.15) is 0 Å². The highest BCUT2D eigenvalue weighted by Gasteiger charge is 2.37. The Morgan fingerprint density at radius 3 is 2.57 bits per heavy atom. The molecule has 0 heterocycles. The zero-order valence-corrected chi connectivity index (χ0v) is 14.3. The van der Waals surface area contributed by atoms with E-state index in [0.717, 1.165) is 35.7 Å². The van der Waals surface area contributed by atoms with Crippen molar-refractivity contribution in [1.82, 2.24) is 5.32 Å². The van der Waals surface area contributed by atoms with Crippen LogP contribution in [0.1, 0.15) is 57.1 Å². The number of hydrogen-bond acceptors (Lipinski definition) is 2. The molecule has 1 aromatic carbocycles. The van der Waals surface area contributed by atoms with Gasteiger partial charge in [-0.3, -0.25) is 4.79 Å². The first-order chi connectivity index (χ1) is 10.1. The minimum absolute atomic E-state index is 0.00155. The van der Waals surface area contributed by atoms with E-state index in [1.165, 1.54) is 12.8 Å². The van der Waals surface area contributed by atoms with Crippen LogP contribution in [0.5, 0.6) is 0 Å². The Hall–Kier alpha value is -0.870. The minimum atomic E-state index is -0.364. The molecule has 1 aliphatic rings. The number of amides is 1. The van der Waals surface area contributed by atoms with Crippen LogP contribution in [0.25, 0.3) is 0 Å².